The van der Waals surface area contributed by atoms with Gasteiger partial charge in [0.1, 0.15) is 0 Å². The van der Waals surface area contributed by atoms with Gasteiger partial charge in [-0.2, -0.15) is 5.10 Å². The van der Waals surface area contributed by atoms with Gasteiger partial charge in [0.05, 0.1) is 38.6 Å². The highest BCUT2D eigenvalue weighted by Crippen LogP contribution is 2.33. The number of aromatic nitrogens is 2. The minimum Gasteiger partial charge on any atom is -0.383 e. The summed E-state index contributed by atoms with van der Waals surface area (Å²) in [5.74, 6) is 0.893. The molecule has 1 aliphatic heterocycles. The van der Waals surface area contributed by atoms with Crippen molar-refractivity contribution in [1.82, 2.24) is 25.3 Å². The second-order valence-electron chi connectivity index (χ2n) is 8.80. The quantitative estimate of drug-likeness (QED) is 0.459. The number of methoxy groups -OCH3 is 1. The van der Waals surface area contributed by atoms with Crippen LogP contribution in [0.25, 0.3) is 0 Å². The minimum atomic E-state index is 0.217. The summed E-state index contributed by atoms with van der Waals surface area (Å²) in [6.07, 6.45) is 6.48. The zero-order valence-electron chi connectivity index (χ0n) is 20.0. The van der Waals surface area contributed by atoms with Crippen molar-refractivity contribution in [2.75, 3.05) is 53.1 Å². The average Bonchev–Trinajstić information content (AvgIpc) is 3.08. The molecule has 0 amide bonds. The first-order valence-corrected chi connectivity index (χ1v) is 12.0. The summed E-state index contributed by atoms with van der Waals surface area (Å²) in [7, 11) is 1.72. The maximum absolute atomic E-state index is 5.62. The topological polar surface area (TPSA) is 75.9 Å². The highest BCUT2D eigenvalue weighted by atomic mass is 16.5. The molecule has 1 saturated heterocycles. The Labute approximate surface area is 187 Å². The average molecular weight is 435 g/mol. The van der Waals surface area contributed by atoms with E-state index in [4.69, 9.17) is 14.5 Å². The van der Waals surface area contributed by atoms with Gasteiger partial charge in [0.25, 0.3) is 0 Å². The number of hydrogen-bond donors (Lipinski definition) is 2. The number of aryl methyl sites for hydroxylation is 1. The highest BCUT2D eigenvalue weighted by Gasteiger charge is 2.38. The molecule has 2 heterocycles. The Kier molecular flexibility index (Phi) is 9.16. The Morgan fingerprint density at radius 2 is 1.90 bits per heavy atom. The zero-order valence-corrected chi connectivity index (χ0v) is 20.0. The summed E-state index contributed by atoms with van der Waals surface area (Å²) < 4.78 is 12.9. The molecule has 2 fully saturated rings. The van der Waals surface area contributed by atoms with Gasteiger partial charge in [-0.15, -0.1) is 0 Å². The minimum absolute atomic E-state index is 0.217. The van der Waals surface area contributed by atoms with Crippen molar-refractivity contribution >= 4 is 5.96 Å². The molecule has 0 bridgehead atoms. The van der Waals surface area contributed by atoms with Crippen LogP contribution in [0.15, 0.2) is 4.99 Å². The van der Waals surface area contributed by atoms with Crippen LogP contribution >= 0.6 is 0 Å². The number of nitrogens with one attached hydrogen (secondary N) is 2. The van der Waals surface area contributed by atoms with Crippen LogP contribution < -0.4 is 10.6 Å². The molecule has 0 atom stereocenters. The van der Waals surface area contributed by atoms with Crippen LogP contribution in [0.2, 0.25) is 0 Å². The van der Waals surface area contributed by atoms with E-state index in [0.29, 0.717) is 13.2 Å². The fraction of sp³-hybridized carbons (Fsp3) is 0.826. The fourth-order valence-electron chi connectivity index (χ4n) is 4.96. The second-order valence-corrected chi connectivity index (χ2v) is 8.80. The van der Waals surface area contributed by atoms with Crippen molar-refractivity contribution in [3.05, 3.63) is 17.0 Å². The van der Waals surface area contributed by atoms with E-state index in [1.54, 1.807) is 7.11 Å². The molecule has 0 unspecified atom stereocenters. The van der Waals surface area contributed by atoms with Gasteiger partial charge in [-0.25, -0.2) is 4.99 Å². The molecule has 2 N–H and O–H groups in total. The Hall–Kier alpha value is -1.64. The number of hydrogen-bond acceptors (Lipinski definition) is 5. The molecule has 1 aromatic heterocycles. The summed E-state index contributed by atoms with van der Waals surface area (Å²) >= 11 is 0. The maximum Gasteiger partial charge on any atom is 0.191 e. The molecule has 3 rings (SSSR count). The number of guanidine groups is 1. The van der Waals surface area contributed by atoms with Gasteiger partial charge >= 0.3 is 0 Å². The zero-order chi connectivity index (χ0) is 22.1. The van der Waals surface area contributed by atoms with E-state index in [9.17, 15) is 0 Å². The van der Waals surface area contributed by atoms with Crippen LogP contribution in [0.3, 0.4) is 0 Å². The Morgan fingerprint density at radius 3 is 2.58 bits per heavy atom. The molecule has 1 aliphatic carbocycles. The lowest BCUT2D eigenvalue weighted by Crippen LogP contribution is -2.60. The fourth-order valence-corrected chi connectivity index (χ4v) is 4.96. The van der Waals surface area contributed by atoms with Gasteiger partial charge in [-0.1, -0.05) is 19.3 Å². The van der Waals surface area contributed by atoms with Gasteiger partial charge in [-0.3, -0.25) is 9.58 Å². The number of morpholine rings is 1. The van der Waals surface area contributed by atoms with E-state index in [1.807, 2.05) is 4.68 Å². The molecule has 0 radical (unpaired) electrons. The predicted octanol–water partition coefficient (Wildman–Crippen LogP) is 2.24. The first-order valence-electron chi connectivity index (χ1n) is 12.0. The van der Waals surface area contributed by atoms with E-state index < -0.39 is 0 Å². The number of nitrogens with zero attached hydrogens (tertiary/aromatic N) is 4. The Morgan fingerprint density at radius 1 is 1.16 bits per heavy atom. The number of ether oxygens (including phenoxy) is 2. The lowest BCUT2D eigenvalue weighted by Gasteiger charge is -2.48. The maximum atomic E-state index is 5.62. The van der Waals surface area contributed by atoms with E-state index in [1.165, 1.54) is 43.4 Å². The van der Waals surface area contributed by atoms with E-state index in [2.05, 4.69) is 41.4 Å². The SMILES string of the molecule is CCNC(=NCc1c(C)nn(CCOC)c1C)NCC1(N2CCOCC2)CCCCC1. The van der Waals surface area contributed by atoms with Crippen LogP contribution in [0.5, 0.6) is 0 Å². The molecule has 31 heavy (non-hydrogen) atoms. The third kappa shape index (κ3) is 6.20. The van der Waals surface area contributed by atoms with E-state index >= 15 is 0 Å². The van der Waals surface area contributed by atoms with Crippen LogP contribution in [0.4, 0.5) is 0 Å². The molecular formula is C23H42N6O2. The molecule has 0 spiro atoms. The first-order chi connectivity index (χ1) is 15.1. The molecule has 176 valence electrons. The largest absolute Gasteiger partial charge is 0.383 e. The first kappa shape index (κ1) is 24.0. The molecule has 8 heteroatoms. The Bertz CT molecular complexity index is 705. The third-order valence-corrected chi connectivity index (χ3v) is 6.83. The molecule has 8 nitrogen and oxygen atoms in total. The lowest BCUT2D eigenvalue weighted by molar-refractivity contribution is -0.0352. The third-order valence-electron chi connectivity index (χ3n) is 6.83. The molecule has 1 aromatic rings. The van der Waals surface area contributed by atoms with E-state index in [-0.39, 0.29) is 5.54 Å². The lowest BCUT2D eigenvalue weighted by atomic mass is 9.80. The molecule has 0 aromatic carbocycles. The van der Waals surface area contributed by atoms with Crippen molar-refractivity contribution < 1.29 is 9.47 Å². The van der Waals surface area contributed by atoms with Crippen molar-refractivity contribution in [1.29, 1.82) is 0 Å². The van der Waals surface area contributed by atoms with Crippen molar-refractivity contribution in [3.63, 3.8) is 0 Å². The Balaban J connectivity index is 1.68. The van der Waals surface area contributed by atoms with E-state index in [0.717, 1.165) is 57.6 Å². The summed E-state index contributed by atoms with van der Waals surface area (Å²) in [4.78, 5) is 7.59. The van der Waals surface area contributed by atoms with Crippen molar-refractivity contribution in [2.24, 2.45) is 4.99 Å². The number of aliphatic imine (C=N–C) groups is 1. The summed E-state index contributed by atoms with van der Waals surface area (Å²) in [5.41, 5.74) is 3.64. The molecule has 2 aliphatic rings. The standard InChI is InChI=1S/C23H42N6O2/c1-5-24-22(25-17-21-19(2)27-29(20(21)3)13-14-30-4)26-18-23(9-7-6-8-10-23)28-11-15-31-16-12-28/h5-18H2,1-4H3,(H2,24,25,26). The van der Waals surface area contributed by atoms with Crippen molar-refractivity contribution in [2.45, 2.75) is 71.5 Å². The van der Waals surface area contributed by atoms with Gasteiger partial charge in [0, 0.05) is 50.1 Å². The van der Waals surface area contributed by atoms with Crippen LogP contribution in [-0.2, 0) is 22.6 Å². The summed E-state index contributed by atoms with van der Waals surface area (Å²) in [5, 5.41) is 11.8. The van der Waals surface area contributed by atoms with Crippen molar-refractivity contribution in [3.8, 4) is 0 Å². The van der Waals surface area contributed by atoms with Gasteiger partial charge in [0.2, 0.25) is 0 Å². The van der Waals surface area contributed by atoms with Gasteiger partial charge in [0.15, 0.2) is 5.96 Å². The summed E-state index contributed by atoms with van der Waals surface area (Å²) in [6, 6.07) is 0. The normalized spacial score (nSPS) is 20.1. The van der Waals surface area contributed by atoms with Crippen LogP contribution in [0.1, 0.15) is 56.0 Å². The monoisotopic (exact) mass is 434 g/mol. The van der Waals surface area contributed by atoms with Gasteiger partial charge in [-0.05, 0) is 33.6 Å². The highest BCUT2D eigenvalue weighted by molar-refractivity contribution is 5.79. The molecule has 1 saturated carbocycles. The van der Waals surface area contributed by atoms with Crippen LogP contribution in [-0.4, -0.2) is 79.3 Å². The van der Waals surface area contributed by atoms with Crippen LogP contribution in [0, 0.1) is 13.8 Å². The number of rotatable bonds is 9. The van der Waals surface area contributed by atoms with Gasteiger partial charge < -0.3 is 20.1 Å². The summed E-state index contributed by atoms with van der Waals surface area (Å²) in [6.45, 7) is 13.9. The molecular weight excluding hydrogens is 392 g/mol. The second kappa shape index (κ2) is 11.8. The smallest absolute Gasteiger partial charge is 0.191 e. The predicted molar refractivity (Wildman–Crippen MR) is 125 cm³/mol.